The van der Waals surface area contributed by atoms with Gasteiger partial charge in [0.15, 0.2) is 0 Å². The molecule has 0 bridgehead atoms. The van der Waals surface area contributed by atoms with Crippen LogP contribution in [0.2, 0.25) is 0 Å². The van der Waals surface area contributed by atoms with E-state index in [1.807, 2.05) is 12.1 Å². The van der Waals surface area contributed by atoms with Crippen molar-refractivity contribution >= 4 is 16.8 Å². The zero-order valence-corrected chi connectivity index (χ0v) is 14.7. The van der Waals surface area contributed by atoms with Crippen LogP contribution in [-0.4, -0.2) is 17.5 Å². The van der Waals surface area contributed by atoms with Gasteiger partial charge in [-0.2, -0.15) is 0 Å². The molecule has 0 fully saturated rings. The third-order valence-corrected chi connectivity index (χ3v) is 5.57. The number of aryl methyl sites for hydroxylation is 1. The number of amides is 1. The van der Waals surface area contributed by atoms with E-state index >= 15 is 0 Å². The number of hydrogen-bond acceptors (Lipinski definition) is 2. The maximum absolute atomic E-state index is 12.6. The van der Waals surface area contributed by atoms with Gasteiger partial charge in [0.1, 0.15) is 5.75 Å². The van der Waals surface area contributed by atoms with Crippen molar-refractivity contribution in [3.63, 3.8) is 0 Å². The molecule has 3 aromatic rings. The fourth-order valence-corrected chi connectivity index (χ4v) is 4.34. The molecule has 2 aromatic carbocycles. The van der Waals surface area contributed by atoms with Gasteiger partial charge in [-0.3, -0.25) is 4.79 Å². The minimum atomic E-state index is 0.0800. The summed E-state index contributed by atoms with van der Waals surface area (Å²) in [7, 11) is 0. The number of aromatic nitrogens is 1. The van der Waals surface area contributed by atoms with Gasteiger partial charge in [0.05, 0.1) is 19.1 Å². The first-order chi connectivity index (χ1) is 12.8. The average Bonchev–Trinajstić information content (AvgIpc) is 3.26. The Morgan fingerprint density at radius 3 is 3.08 bits per heavy atom. The molecule has 0 spiro atoms. The first-order valence-corrected chi connectivity index (χ1v) is 9.41. The Hall–Kier alpha value is -2.75. The molecule has 4 nitrogen and oxygen atoms in total. The van der Waals surface area contributed by atoms with E-state index in [-0.39, 0.29) is 11.9 Å². The van der Waals surface area contributed by atoms with Gasteiger partial charge in [-0.1, -0.05) is 30.3 Å². The molecule has 0 saturated carbocycles. The van der Waals surface area contributed by atoms with Crippen molar-refractivity contribution in [1.29, 1.82) is 0 Å². The summed E-state index contributed by atoms with van der Waals surface area (Å²) in [5.74, 6) is 1.05. The second kappa shape index (κ2) is 6.20. The number of para-hydroxylation sites is 1. The lowest BCUT2D eigenvalue weighted by Crippen LogP contribution is -2.32. The highest BCUT2D eigenvalue weighted by Gasteiger charge is 2.25. The lowest BCUT2D eigenvalue weighted by Gasteiger charge is -2.24. The Balaban J connectivity index is 1.35. The number of ether oxygens (including phenoxy) is 1. The van der Waals surface area contributed by atoms with Crippen LogP contribution in [0.25, 0.3) is 10.9 Å². The average molecular weight is 346 g/mol. The number of rotatable bonds is 3. The molecular weight excluding hydrogens is 324 g/mol. The number of carbonyl (C=O) groups is 1. The monoisotopic (exact) mass is 346 g/mol. The predicted octanol–water partition coefficient (Wildman–Crippen LogP) is 3.84. The summed E-state index contributed by atoms with van der Waals surface area (Å²) in [5, 5.41) is 4.54. The van der Waals surface area contributed by atoms with Crippen LogP contribution < -0.4 is 10.1 Å². The third kappa shape index (κ3) is 2.66. The van der Waals surface area contributed by atoms with E-state index in [9.17, 15) is 4.79 Å². The highest BCUT2D eigenvalue weighted by atomic mass is 16.5. The maximum Gasteiger partial charge on any atom is 0.224 e. The van der Waals surface area contributed by atoms with E-state index in [0.717, 1.165) is 49.1 Å². The first-order valence-electron chi connectivity index (χ1n) is 9.41. The molecule has 1 aromatic heterocycles. The SMILES string of the molecule is O=C(Cc1ccc2c(c1)CCO2)NC1CCCc2c1[nH]c1ccccc21. The highest BCUT2D eigenvalue weighted by molar-refractivity contribution is 5.86. The smallest absolute Gasteiger partial charge is 0.224 e. The van der Waals surface area contributed by atoms with Crippen molar-refractivity contribution in [1.82, 2.24) is 10.3 Å². The number of benzene rings is 2. The number of carbonyl (C=O) groups excluding carboxylic acids is 1. The van der Waals surface area contributed by atoms with E-state index in [1.54, 1.807) is 0 Å². The van der Waals surface area contributed by atoms with Crippen molar-refractivity contribution < 1.29 is 9.53 Å². The van der Waals surface area contributed by atoms with E-state index in [1.165, 1.54) is 22.2 Å². The zero-order chi connectivity index (χ0) is 17.5. The van der Waals surface area contributed by atoms with Crippen molar-refractivity contribution in [2.45, 2.75) is 38.1 Å². The fraction of sp³-hybridized carbons (Fsp3) is 0.318. The van der Waals surface area contributed by atoms with Crippen LogP contribution in [0, 0.1) is 0 Å². The number of hydrogen-bond donors (Lipinski definition) is 2. The molecule has 2 N–H and O–H groups in total. The Kier molecular flexibility index (Phi) is 3.70. The molecule has 1 unspecified atom stereocenters. The Labute approximate surface area is 152 Å². The van der Waals surface area contributed by atoms with E-state index in [4.69, 9.17) is 4.74 Å². The molecule has 4 heteroatoms. The largest absolute Gasteiger partial charge is 0.493 e. The minimum absolute atomic E-state index is 0.0800. The van der Waals surface area contributed by atoms with Gasteiger partial charge in [0.25, 0.3) is 0 Å². The quantitative estimate of drug-likeness (QED) is 0.757. The van der Waals surface area contributed by atoms with Gasteiger partial charge in [-0.25, -0.2) is 0 Å². The number of H-pyrrole nitrogens is 1. The fourth-order valence-electron chi connectivity index (χ4n) is 4.34. The maximum atomic E-state index is 12.6. The van der Waals surface area contributed by atoms with Gasteiger partial charge < -0.3 is 15.0 Å². The summed E-state index contributed by atoms with van der Waals surface area (Å²) >= 11 is 0. The molecule has 0 saturated heterocycles. The topological polar surface area (TPSA) is 54.1 Å². The van der Waals surface area contributed by atoms with Crippen LogP contribution in [0.4, 0.5) is 0 Å². The molecule has 132 valence electrons. The molecule has 2 heterocycles. The van der Waals surface area contributed by atoms with E-state index in [0.29, 0.717) is 6.42 Å². The van der Waals surface area contributed by atoms with Gasteiger partial charge in [0.2, 0.25) is 5.91 Å². The number of fused-ring (bicyclic) bond motifs is 4. The van der Waals surface area contributed by atoms with Gasteiger partial charge in [-0.05, 0) is 48.1 Å². The van der Waals surface area contributed by atoms with Crippen LogP contribution in [-0.2, 0) is 24.1 Å². The molecular formula is C22H22N2O2. The van der Waals surface area contributed by atoms with Gasteiger partial charge in [0, 0.05) is 23.0 Å². The lowest BCUT2D eigenvalue weighted by atomic mass is 9.91. The van der Waals surface area contributed by atoms with Crippen LogP contribution in [0.5, 0.6) is 5.75 Å². The van der Waals surface area contributed by atoms with Crippen molar-refractivity contribution in [2.75, 3.05) is 6.61 Å². The van der Waals surface area contributed by atoms with Crippen molar-refractivity contribution in [2.24, 2.45) is 0 Å². The molecule has 2 aliphatic rings. The summed E-state index contributed by atoms with van der Waals surface area (Å²) < 4.78 is 5.54. The van der Waals surface area contributed by atoms with E-state index in [2.05, 4.69) is 40.6 Å². The zero-order valence-electron chi connectivity index (χ0n) is 14.7. The van der Waals surface area contributed by atoms with Crippen molar-refractivity contribution in [3.05, 3.63) is 64.8 Å². The molecule has 5 rings (SSSR count). The molecule has 26 heavy (non-hydrogen) atoms. The summed E-state index contributed by atoms with van der Waals surface area (Å²) in [5.41, 5.74) is 5.99. The second-order valence-corrected chi connectivity index (χ2v) is 7.29. The standard InChI is InChI=1S/C22H22N2O2/c25-21(13-14-8-9-20-15(12-14)10-11-26-20)23-19-7-3-5-17-16-4-1-2-6-18(16)24-22(17)19/h1-2,4,6,8-9,12,19,24H,3,5,7,10-11,13H2,(H,23,25). The Morgan fingerprint density at radius 1 is 1.19 bits per heavy atom. The number of aromatic amines is 1. The Morgan fingerprint density at radius 2 is 2.12 bits per heavy atom. The molecule has 0 radical (unpaired) electrons. The summed E-state index contributed by atoms with van der Waals surface area (Å²) in [6.07, 6.45) is 4.53. The summed E-state index contributed by atoms with van der Waals surface area (Å²) in [4.78, 5) is 16.2. The first kappa shape index (κ1) is 15.5. The molecule has 1 aliphatic carbocycles. The van der Waals surface area contributed by atoms with Crippen LogP contribution in [0.1, 0.15) is 41.3 Å². The number of nitrogens with one attached hydrogen (secondary N) is 2. The van der Waals surface area contributed by atoms with Crippen molar-refractivity contribution in [3.8, 4) is 5.75 Å². The van der Waals surface area contributed by atoms with E-state index < -0.39 is 0 Å². The molecule has 1 atom stereocenters. The van der Waals surface area contributed by atoms with Crippen LogP contribution in [0.3, 0.4) is 0 Å². The van der Waals surface area contributed by atoms with Gasteiger partial charge in [-0.15, -0.1) is 0 Å². The van der Waals surface area contributed by atoms with Gasteiger partial charge >= 0.3 is 0 Å². The van der Waals surface area contributed by atoms with Crippen LogP contribution in [0.15, 0.2) is 42.5 Å². The predicted molar refractivity (Wildman–Crippen MR) is 101 cm³/mol. The molecule has 1 amide bonds. The Bertz CT molecular complexity index is 989. The third-order valence-electron chi connectivity index (χ3n) is 5.57. The van der Waals surface area contributed by atoms with Crippen LogP contribution >= 0.6 is 0 Å². The summed E-state index contributed by atoms with van der Waals surface area (Å²) in [6, 6.07) is 14.6. The normalized spacial score (nSPS) is 18.2. The highest BCUT2D eigenvalue weighted by Crippen LogP contribution is 2.34. The summed E-state index contributed by atoms with van der Waals surface area (Å²) in [6.45, 7) is 0.746. The lowest BCUT2D eigenvalue weighted by molar-refractivity contribution is -0.121. The molecule has 1 aliphatic heterocycles. The second-order valence-electron chi connectivity index (χ2n) is 7.29. The minimum Gasteiger partial charge on any atom is -0.493 e.